The molecule has 0 spiro atoms. The first-order valence-electron chi connectivity index (χ1n) is 9.17. The fourth-order valence-corrected chi connectivity index (χ4v) is 3.87. The van der Waals surface area contributed by atoms with Gasteiger partial charge in [0, 0.05) is 42.9 Å². The fourth-order valence-electron chi connectivity index (χ4n) is 3.39. The molecule has 1 heterocycles. The van der Waals surface area contributed by atoms with Crippen LogP contribution in [0.4, 0.5) is 10.1 Å². The molecule has 0 saturated carbocycles. The van der Waals surface area contributed by atoms with Crippen LogP contribution in [0.5, 0.6) is 0 Å². The predicted molar refractivity (Wildman–Crippen MR) is 110 cm³/mol. The molecule has 0 bridgehead atoms. The van der Waals surface area contributed by atoms with Crippen LogP contribution in [0.25, 0.3) is 0 Å². The van der Waals surface area contributed by atoms with Crippen molar-refractivity contribution in [3.8, 4) is 0 Å². The number of para-hydroxylation sites is 1. The van der Waals surface area contributed by atoms with Crippen molar-refractivity contribution in [1.29, 1.82) is 0 Å². The van der Waals surface area contributed by atoms with Crippen molar-refractivity contribution in [3.63, 3.8) is 0 Å². The lowest BCUT2D eigenvalue weighted by molar-refractivity contribution is -0.117. The third-order valence-electron chi connectivity index (χ3n) is 4.99. The van der Waals surface area contributed by atoms with Crippen LogP contribution in [-0.2, 0) is 11.3 Å². The van der Waals surface area contributed by atoms with Gasteiger partial charge in [0.2, 0.25) is 5.91 Å². The van der Waals surface area contributed by atoms with E-state index in [9.17, 15) is 9.18 Å². The number of hydrogen-bond acceptors (Lipinski definition) is 3. The Labute approximate surface area is 168 Å². The molecule has 6 heteroatoms. The van der Waals surface area contributed by atoms with Crippen molar-refractivity contribution in [2.75, 3.05) is 38.0 Å². The Kier molecular flexibility index (Phi) is 6.63. The van der Waals surface area contributed by atoms with Gasteiger partial charge < -0.3 is 5.32 Å². The van der Waals surface area contributed by atoms with E-state index in [2.05, 4.69) is 31.0 Å². The van der Waals surface area contributed by atoms with Gasteiger partial charge in [-0.1, -0.05) is 40.2 Å². The first-order chi connectivity index (χ1) is 12.9. The van der Waals surface area contributed by atoms with Gasteiger partial charge in [-0.05, 0) is 42.7 Å². The lowest BCUT2D eigenvalue weighted by Crippen LogP contribution is -2.48. The van der Waals surface area contributed by atoms with E-state index < -0.39 is 0 Å². The maximum absolute atomic E-state index is 13.2. The molecule has 1 aliphatic heterocycles. The molecule has 0 unspecified atom stereocenters. The zero-order valence-electron chi connectivity index (χ0n) is 15.8. The van der Waals surface area contributed by atoms with Crippen LogP contribution in [-0.4, -0.2) is 48.4 Å². The standard InChI is InChI=1S/C21H25BrFN3O/c1-15-4-3-5-16(2)21(15)24-20(27)14-26-10-8-25(9-11-26)13-17-6-7-18(23)12-19(17)22/h3-7,12H,8-11,13-14H2,1-2H3,(H,24,27). The number of carbonyl (C=O) groups excluding carboxylic acids is 1. The average Bonchev–Trinajstić information content (AvgIpc) is 2.62. The Balaban J connectivity index is 1.48. The molecule has 0 aliphatic carbocycles. The first-order valence-corrected chi connectivity index (χ1v) is 9.96. The zero-order valence-corrected chi connectivity index (χ0v) is 17.4. The van der Waals surface area contributed by atoms with Crippen LogP contribution in [0.1, 0.15) is 16.7 Å². The highest BCUT2D eigenvalue weighted by molar-refractivity contribution is 9.10. The summed E-state index contributed by atoms with van der Waals surface area (Å²) in [5, 5.41) is 3.05. The maximum Gasteiger partial charge on any atom is 0.238 e. The molecule has 0 atom stereocenters. The number of amides is 1. The molecular formula is C21H25BrFN3O. The third-order valence-corrected chi connectivity index (χ3v) is 5.72. The number of piperazine rings is 1. The van der Waals surface area contributed by atoms with Crippen LogP contribution < -0.4 is 5.32 Å². The zero-order chi connectivity index (χ0) is 19.4. The van der Waals surface area contributed by atoms with Gasteiger partial charge in [0.05, 0.1) is 6.54 Å². The lowest BCUT2D eigenvalue weighted by atomic mass is 10.1. The summed E-state index contributed by atoms with van der Waals surface area (Å²) in [6, 6.07) is 10.8. The Morgan fingerprint density at radius 2 is 1.70 bits per heavy atom. The molecule has 27 heavy (non-hydrogen) atoms. The number of carbonyl (C=O) groups is 1. The van der Waals surface area contributed by atoms with Gasteiger partial charge in [-0.3, -0.25) is 14.6 Å². The normalized spacial score (nSPS) is 15.7. The monoisotopic (exact) mass is 433 g/mol. The fraction of sp³-hybridized carbons (Fsp3) is 0.381. The van der Waals surface area contributed by atoms with Gasteiger partial charge in [0.1, 0.15) is 5.82 Å². The topological polar surface area (TPSA) is 35.6 Å². The van der Waals surface area contributed by atoms with Crippen molar-refractivity contribution in [2.45, 2.75) is 20.4 Å². The van der Waals surface area contributed by atoms with Crippen molar-refractivity contribution in [2.24, 2.45) is 0 Å². The van der Waals surface area contributed by atoms with Crippen molar-refractivity contribution in [3.05, 3.63) is 63.4 Å². The highest BCUT2D eigenvalue weighted by Crippen LogP contribution is 2.21. The van der Waals surface area contributed by atoms with E-state index in [0.717, 1.165) is 59.6 Å². The molecule has 0 aromatic heterocycles. The Bertz CT molecular complexity index is 799. The average molecular weight is 434 g/mol. The SMILES string of the molecule is Cc1cccc(C)c1NC(=O)CN1CCN(Cc2ccc(F)cc2Br)CC1. The number of halogens is 2. The number of nitrogens with zero attached hydrogens (tertiary/aromatic N) is 2. The molecule has 0 radical (unpaired) electrons. The van der Waals surface area contributed by atoms with Gasteiger partial charge in [-0.15, -0.1) is 0 Å². The predicted octanol–water partition coefficient (Wildman–Crippen LogP) is 3.96. The van der Waals surface area contributed by atoms with E-state index in [1.807, 2.05) is 38.1 Å². The highest BCUT2D eigenvalue weighted by Gasteiger charge is 2.20. The van der Waals surface area contributed by atoms with Gasteiger partial charge in [-0.2, -0.15) is 0 Å². The molecule has 3 rings (SSSR count). The highest BCUT2D eigenvalue weighted by atomic mass is 79.9. The minimum Gasteiger partial charge on any atom is -0.324 e. The minimum absolute atomic E-state index is 0.0297. The molecule has 144 valence electrons. The van der Waals surface area contributed by atoms with Crippen molar-refractivity contribution < 1.29 is 9.18 Å². The Morgan fingerprint density at radius 3 is 2.33 bits per heavy atom. The Morgan fingerprint density at radius 1 is 1.07 bits per heavy atom. The molecule has 2 aromatic rings. The van der Waals surface area contributed by atoms with Gasteiger partial charge in [0.15, 0.2) is 0 Å². The van der Waals surface area contributed by atoms with Crippen LogP contribution >= 0.6 is 15.9 Å². The molecule has 2 aromatic carbocycles. The number of aryl methyl sites for hydroxylation is 2. The summed E-state index contributed by atoms with van der Waals surface area (Å²) < 4.78 is 14.0. The number of nitrogens with one attached hydrogen (secondary N) is 1. The molecule has 1 N–H and O–H groups in total. The maximum atomic E-state index is 13.2. The van der Waals surface area contributed by atoms with E-state index in [1.54, 1.807) is 0 Å². The van der Waals surface area contributed by atoms with Gasteiger partial charge >= 0.3 is 0 Å². The second kappa shape index (κ2) is 8.95. The van der Waals surface area contributed by atoms with Crippen LogP contribution in [0.15, 0.2) is 40.9 Å². The summed E-state index contributed by atoms with van der Waals surface area (Å²) in [5.74, 6) is -0.201. The third kappa shape index (κ3) is 5.37. The van der Waals surface area contributed by atoms with Crippen molar-refractivity contribution >= 4 is 27.5 Å². The minimum atomic E-state index is -0.231. The summed E-state index contributed by atoms with van der Waals surface area (Å²) in [6.45, 7) is 8.67. The van der Waals surface area contributed by atoms with Crippen LogP contribution in [0.3, 0.4) is 0 Å². The quantitative estimate of drug-likeness (QED) is 0.774. The van der Waals surface area contributed by atoms with E-state index >= 15 is 0 Å². The van der Waals surface area contributed by atoms with E-state index in [4.69, 9.17) is 0 Å². The largest absolute Gasteiger partial charge is 0.324 e. The van der Waals surface area contributed by atoms with E-state index in [-0.39, 0.29) is 11.7 Å². The van der Waals surface area contributed by atoms with Gasteiger partial charge in [-0.25, -0.2) is 4.39 Å². The van der Waals surface area contributed by atoms with E-state index in [1.165, 1.54) is 12.1 Å². The number of rotatable bonds is 5. The second-order valence-corrected chi connectivity index (χ2v) is 7.96. The Hall–Kier alpha value is -1.76. The van der Waals surface area contributed by atoms with Crippen molar-refractivity contribution in [1.82, 2.24) is 9.80 Å². The molecule has 1 amide bonds. The first kappa shape index (κ1) is 20.0. The smallest absolute Gasteiger partial charge is 0.238 e. The van der Waals surface area contributed by atoms with Gasteiger partial charge in [0.25, 0.3) is 0 Å². The van der Waals surface area contributed by atoms with Crippen LogP contribution in [0, 0.1) is 19.7 Å². The number of anilines is 1. The summed E-state index contributed by atoms with van der Waals surface area (Å²) in [4.78, 5) is 16.9. The molecule has 1 aliphatic rings. The van der Waals surface area contributed by atoms with Crippen LogP contribution in [0.2, 0.25) is 0 Å². The summed E-state index contributed by atoms with van der Waals surface area (Å²) >= 11 is 3.43. The molecule has 4 nitrogen and oxygen atoms in total. The molecule has 1 fully saturated rings. The summed E-state index contributed by atoms with van der Waals surface area (Å²) in [6.07, 6.45) is 0. The lowest BCUT2D eigenvalue weighted by Gasteiger charge is -2.34. The number of benzene rings is 2. The van der Waals surface area contributed by atoms with E-state index in [0.29, 0.717) is 6.54 Å². The second-order valence-electron chi connectivity index (χ2n) is 7.10. The summed E-state index contributed by atoms with van der Waals surface area (Å²) in [7, 11) is 0. The molecular weight excluding hydrogens is 409 g/mol. The number of hydrogen-bond donors (Lipinski definition) is 1. The molecule has 1 saturated heterocycles. The summed E-state index contributed by atoms with van der Waals surface area (Å²) in [5.41, 5.74) is 4.16.